The molecule has 0 radical (unpaired) electrons. The summed E-state index contributed by atoms with van der Waals surface area (Å²) in [4.78, 5) is 2.19. The maximum atomic E-state index is 6.41. The summed E-state index contributed by atoms with van der Waals surface area (Å²) in [5.74, 6) is 0. The first-order valence-corrected chi connectivity index (χ1v) is 7.76. The summed E-state index contributed by atoms with van der Waals surface area (Å²) in [6.07, 6.45) is 0.813. The van der Waals surface area contributed by atoms with E-state index in [0.29, 0.717) is 6.54 Å². The highest BCUT2D eigenvalue weighted by molar-refractivity contribution is 6.33. The van der Waals surface area contributed by atoms with Crippen LogP contribution in [0.2, 0.25) is 10.0 Å². The largest absolute Gasteiger partial charge is 0.366 e. The minimum atomic E-state index is 0.193. The Hall–Kier alpha value is -1.22. The summed E-state index contributed by atoms with van der Waals surface area (Å²) in [5.41, 5.74) is 9.12. The van der Waals surface area contributed by atoms with Crippen molar-refractivity contribution in [3.05, 3.63) is 63.6 Å². The van der Waals surface area contributed by atoms with Gasteiger partial charge in [-0.25, -0.2) is 0 Å². The Kier molecular flexibility index (Phi) is 5.51. The Morgan fingerprint density at radius 3 is 2.38 bits per heavy atom. The summed E-state index contributed by atoms with van der Waals surface area (Å²) < 4.78 is 0. The van der Waals surface area contributed by atoms with E-state index in [9.17, 15) is 0 Å². The molecular weight excluding hydrogens is 303 g/mol. The summed E-state index contributed by atoms with van der Waals surface area (Å²) in [6.45, 7) is 2.76. The van der Waals surface area contributed by atoms with Crippen LogP contribution in [0.1, 0.15) is 24.1 Å². The second-order valence-corrected chi connectivity index (χ2v) is 5.97. The molecule has 21 heavy (non-hydrogen) atoms. The zero-order valence-electron chi connectivity index (χ0n) is 12.3. The molecule has 0 fully saturated rings. The highest BCUT2D eigenvalue weighted by atomic mass is 35.5. The van der Waals surface area contributed by atoms with Crippen LogP contribution in [-0.2, 0) is 6.42 Å². The second kappa shape index (κ2) is 7.17. The topological polar surface area (TPSA) is 29.3 Å². The van der Waals surface area contributed by atoms with Crippen molar-refractivity contribution in [2.45, 2.75) is 19.4 Å². The van der Waals surface area contributed by atoms with Crippen molar-refractivity contribution >= 4 is 28.9 Å². The Balaban J connectivity index is 2.34. The van der Waals surface area contributed by atoms with Gasteiger partial charge in [-0.15, -0.1) is 0 Å². The lowest BCUT2D eigenvalue weighted by molar-refractivity contribution is 0.734. The van der Waals surface area contributed by atoms with E-state index in [4.69, 9.17) is 28.9 Å². The van der Waals surface area contributed by atoms with E-state index < -0.39 is 0 Å². The van der Waals surface area contributed by atoms with E-state index in [1.165, 1.54) is 11.1 Å². The molecule has 0 heterocycles. The molecule has 0 saturated heterocycles. The zero-order chi connectivity index (χ0) is 15.4. The fourth-order valence-electron chi connectivity index (χ4n) is 2.47. The van der Waals surface area contributed by atoms with Gasteiger partial charge in [-0.05, 0) is 49.2 Å². The van der Waals surface area contributed by atoms with Gasteiger partial charge >= 0.3 is 0 Å². The van der Waals surface area contributed by atoms with Crippen molar-refractivity contribution in [3.8, 4) is 0 Å². The first-order chi connectivity index (χ1) is 10.0. The van der Waals surface area contributed by atoms with E-state index >= 15 is 0 Å². The van der Waals surface area contributed by atoms with Crippen molar-refractivity contribution in [1.29, 1.82) is 0 Å². The predicted molar refractivity (Wildman–Crippen MR) is 92.5 cm³/mol. The van der Waals surface area contributed by atoms with Gasteiger partial charge in [-0.1, -0.05) is 47.5 Å². The van der Waals surface area contributed by atoms with Crippen LogP contribution in [0.15, 0.2) is 42.5 Å². The van der Waals surface area contributed by atoms with Crippen molar-refractivity contribution in [1.82, 2.24) is 0 Å². The number of rotatable bonds is 5. The van der Waals surface area contributed by atoms with Gasteiger partial charge in [0, 0.05) is 12.1 Å². The summed E-state index contributed by atoms with van der Waals surface area (Å²) >= 11 is 12.4. The fraction of sp³-hybridized carbons (Fsp3) is 0.294. The number of halogens is 2. The van der Waals surface area contributed by atoms with Gasteiger partial charge in [-0.2, -0.15) is 0 Å². The Morgan fingerprint density at radius 1 is 1.10 bits per heavy atom. The first kappa shape index (κ1) is 16.2. The van der Waals surface area contributed by atoms with Crippen LogP contribution in [0, 0.1) is 0 Å². The molecule has 2 rings (SSSR count). The third-order valence-corrected chi connectivity index (χ3v) is 4.33. The van der Waals surface area contributed by atoms with Crippen molar-refractivity contribution in [3.63, 3.8) is 0 Å². The summed E-state index contributed by atoms with van der Waals surface area (Å²) in [7, 11) is 2.06. The van der Waals surface area contributed by atoms with E-state index in [-0.39, 0.29) is 6.04 Å². The lowest BCUT2D eigenvalue weighted by atomic mass is 10.0. The molecule has 0 saturated carbocycles. The molecule has 1 unspecified atom stereocenters. The first-order valence-electron chi connectivity index (χ1n) is 7.00. The third kappa shape index (κ3) is 3.70. The minimum absolute atomic E-state index is 0.193. The molecule has 0 amide bonds. The Bertz CT molecular complexity index is 596. The fourth-order valence-corrected chi connectivity index (χ4v) is 2.92. The van der Waals surface area contributed by atoms with Gasteiger partial charge < -0.3 is 10.6 Å². The molecule has 2 aromatic rings. The molecule has 0 aliphatic rings. The van der Waals surface area contributed by atoms with Crippen LogP contribution in [0.3, 0.4) is 0 Å². The number of anilines is 1. The quantitative estimate of drug-likeness (QED) is 0.865. The van der Waals surface area contributed by atoms with Crippen molar-refractivity contribution in [2.75, 3.05) is 18.5 Å². The standard InChI is InChI=1S/C17H20Cl2N2/c1-12(13-6-8-15(18)9-7-13)21(2)17-14(10-11-20)4-3-5-16(17)19/h3-9,12H,10-11,20H2,1-2H3. The SMILES string of the molecule is CC(c1ccc(Cl)cc1)N(C)c1c(Cl)cccc1CCN. The molecule has 0 bridgehead atoms. The molecule has 2 aromatic carbocycles. The number of nitrogens with zero attached hydrogens (tertiary/aromatic N) is 1. The molecule has 0 aromatic heterocycles. The number of hydrogen-bond acceptors (Lipinski definition) is 2. The van der Waals surface area contributed by atoms with Crippen LogP contribution in [-0.4, -0.2) is 13.6 Å². The van der Waals surface area contributed by atoms with E-state index in [1.54, 1.807) is 0 Å². The molecule has 2 nitrogen and oxygen atoms in total. The molecule has 112 valence electrons. The van der Waals surface area contributed by atoms with Crippen LogP contribution >= 0.6 is 23.2 Å². The molecule has 1 atom stereocenters. The molecule has 2 N–H and O–H groups in total. The van der Waals surface area contributed by atoms with Crippen LogP contribution in [0.5, 0.6) is 0 Å². The summed E-state index contributed by atoms with van der Waals surface area (Å²) in [6, 6.07) is 14.1. The lowest BCUT2D eigenvalue weighted by Gasteiger charge is -2.30. The second-order valence-electron chi connectivity index (χ2n) is 5.12. The maximum absolute atomic E-state index is 6.41. The Labute approximate surface area is 136 Å². The lowest BCUT2D eigenvalue weighted by Crippen LogP contribution is -2.23. The smallest absolute Gasteiger partial charge is 0.0642 e. The van der Waals surface area contributed by atoms with Gasteiger partial charge in [0.1, 0.15) is 0 Å². The Morgan fingerprint density at radius 2 is 1.76 bits per heavy atom. The van der Waals surface area contributed by atoms with Gasteiger partial charge in [-0.3, -0.25) is 0 Å². The van der Waals surface area contributed by atoms with E-state index in [2.05, 4.69) is 24.9 Å². The zero-order valence-corrected chi connectivity index (χ0v) is 13.8. The van der Waals surface area contributed by atoms with Gasteiger partial charge in [0.2, 0.25) is 0 Å². The van der Waals surface area contributed by atoms with Crippen LogP contribution < -0.4 is 10.6 Å². The average Bonchev–Trinajstić information content (AvgIpc) is 2.47. The van der Waals surface area contributed by atoms with Crippen molar-refractivity contribution in [2.24, 2.45) is 5.73 Å². The summed E-state index contributed by atoms with van der Waals surface area (Å²) in [5, 5.41) is 1.50. The average molecular weight is 323 g/mol. The monoisotopic (exact) mass is 322 g/mol. The molecular formula is C17H20Cl2N2. The number of hydrogen-bond donors (Lipinski definition) is 1. The third-order valence-electron chi connectivity index (χ3n) is 3.77. The number of benzene rings is 2. The normalized spacial score (nSPS) is 12.2. The minimum Gasteiger partial charge on any atom is -0.366 e. The van der Waals surface area contributed by atoms with Crippen LogP contribution in [0.25, 0.3) is 0 Å². The molecule has 0 aliphatic heterocycles. The van der Waals surface area contributed by atoms with Crippen molar-refractivity contribution < 1.29 is 0 Å². The van der Waals surface area contributed by atoms with Gasteiger partial charge in [0.25, 0.3) is 0 Å². The van der Waals surface area contributed by atoms with E-state index in [0.717, 1.165) is 22.2 Å². The highest BCUT2D eigenvalue weighted by Gasteiger charge is 2.17. The van der Waals surface area contributed by atoms with Gasteiger partial charge in [0.05, 0.1) is 16.8 Å². The highest BCUT2D eigenvalue weighted by Crippen LogP contribution is 2.34. The number of para-hydroxylation sites is 1. The van der Waals surface area contributed by atoms with Crippen LogP contribution in [0.4, 0.5) is 5.69 Å². The van der Waals surface area contributed by atoms with Gasteiger partial charge in [0.15, 0.2) is 0 Å². The molecule has 0 aliphatic carbocycles. The number of nitrogens with two attached hydrogens (primary N) is 1. The predicted octanol–water partition coefficient (Wildman–Crippen LogP) is 4.69. The van der Waals surface area contributed by atoms with E-state index in [1.807, 2.05) is 36.4 Å². The molecule has 0 spiro atoms. The molecule has 4 heteroatoms. The maximum Gasteiger partial charge on any atom is 0.0642 e.